The Morgan fingerprint density at radius 3 is 1.05 bits per heavy atom. The predicted molar refractivity (Wildman–Crippen MR) is 503 cm³/mol. The van der Waals surface area contributed by atoms with E-state index in [-0.39, 0.29) is 50.6 Å². The second-order valence-electron chi connectivity index (χ2n) is 35.8. The number of carbonyl (C=O) groups excluding carboxylic acids is 6. The van der Waals surface area contributed by atoms with Crippen molar-refractivity contribution in [3.63, 3.8) is 0 Å². The largest absolute Gasteiger partial charge is 0.365 e. The summed E-state index contributed by atoms with van der Waals surface area (Å²) >= 11 is 0. The van der Waals surface area contributed by atoms with E-state index in [0.29, 0.717) is 72.2 Å². The average molecular weight is 1750 g/mol. The second kappa shape index (κ2) is 38.7. The lowest BCUT2D eigenvalue weighted by molar-refractivity contribution is -0.134. The molecule has 9 N–H and O–H groups in total. The molecular formula is C99H110N22O9. The minimum atomic E-state index is -0.788. The molecule has 6 aromatic heterocycles. The van der Waals surface area contributed by atoms with Crippen LogP contribution in [-0.2, 0) is 52.9 Å². The Labute approximate surface area is 752 Å². The van der Waals surface area contributed by atoms with Crippen molar-refractivity contribution in [2.24, 2.45) is 17.2 Å². The number of aryl methyl sites for hydroxylation is 6. The number of carbonyl (C=O) groups is 6. The van der Waals surface area contributed by atoms with E-state index in [1.807, 2.05) is 107 Å². The molecule has 4 aliphatic heterocycles. The number of likely N-dealkylation sites (N-methyl/N-ethyl adjacent to an activating group) is 3. The SMILES string of the molecule is CN(C)CC(=O)N1CCC(c2ccc(Nc3ncc4c(=O)c(C(N)=O)cn(-c5ccc6c(c5)CCC6)c4n3)cc2)CC1.CN(C)CC(=O)N1CCC(c2cccc(Nc3ncc4c(=O)c(C(N)=O)cn(-c5ccc6c(c5)CCC6)c4n3)c2)CC1.CN1CCN(CC(=O)N2CCC(c3ccc(Nc4ncc5c(=O)c(C(N)=O)cn(-c6ccc7c(c6)CCC7)c5n4)cc3)CC2)CC1. The van der Waals surface area contributed by atoms with Crippen molar-refractivity contribution in [2.75, 3.05) is 136 Å². The van der Waals surface area contributed by atoms with Gasteiger partial charge in [0.2, 0.25) is 51.9 Å². The van der Waals surface area contributed by atoms with Gasteiger partial charge in [0.1, 0.15) is 16.7 Å². The highest BCUT2D eigenvalue weighted by atomic mass is 16.2. The number of hydrogen-bond donors (Lipinski definition) is 6. The molecule has 0 unspecified atom stereocenters. The van der Waals surface area contributed by atoms with Crippen LogP contribution in [0.1, 0.15) is 157 Å². The lowest BCUT2D eigenvalue weighted by atomic mass is 9.89. The number of rotatable bonds is 21. The number of pyridine rings is 3. The number of hydrogen-bond acceptors (Lipinski definition) is 22. The third kappa shape index (κ3) is 19.8. The number of primary amides is 3. The molecule has 670 valence electrons. The highest BCUT2D eigenvalue weighted by molar-refractivity contribution is 5.98. The van der Waals surface area contributed by atoms with Crippen molar-refractivity contribution in [3.8, 4) is 17.1 Å². The Bertz CT molecular complexity index is 6540. The molecule has 7 aliphatic rings. The molecule has 3 aliphatic carbocycles. The van der Waals surface area contributed by atoms with E-state index < -0.39 is 34.0 Å². The summed E-state index contributed by atoms with van der Waals surface area (Å²) in [6.45, 7) is 9.92. The summed E-state index contributed by atoms with van der Waals surface area (Å²) < 4.78 is 5.26. The van der Waals surface area contributed by atoms with Gasteiger partial charge >= 0.3 is 0 Å². The topological polar surface area (TPSA) is 383 Å². The maximum atomic E-state index is 13.1. The van der Waals surface area contributed by atoms with E-state index in [2.05, 4.69) is 121 Å². The monoisotopic (exact) mass is 1750 g/mol. The number of nitrogens with one attached hydrogen (secondary N) is 3. The molecule has 0 radical (unpaired) electrons. The van der Waals surface area contributed by atoms with Gasteiger partial charge in [-0.05, 0) is 272 Å². The normalized spacial score (nSPS) is 16.1. The maximum Gasteiger partial charge on any atom is 0.254 e. The minimum Gasteiger partial charge on any atom is -0.365 e. The summed E-state index contributed by atoms with van der Waals surface area (Å²) in [5.41, 5.74) is 32.5. The van der Waals surface area contributed by atoms with Crippen LogP contribution in [0.3, 0.4) is 0 Å². The number of aromatic nitrogens is 9. The molecule has 31 nitrogen and oxygen atoms in total. The van der Waals surface area contributed by atoms with Gasteiger partial charge in [-0.1, -0.05) is 54.6 Å². The van der Waals surface area contributed by atoms with Gasteiger partial charge in [0.15, 0.2) is 16.9 Å². The van der Waals surface area contributed by atoms with Gasteiger partial charge in [0, 0.05) is 137 Å². The van der Waals surface area contributed by atoms with Crippen LogP contribution in [0.5, 0.6) is 0 Å². The van der Waals surface area contributed by atoms with Crippen LogP contribution >= 0.6 is 0 Å². The summed E-state index contributed by atoms with van der Waals surface area (Å²) in [7, 11) is 9.77. The molecule has 31 heteroatoms. The summed E-state index contributed by atoms with van der Waals surface area (Å²) in [5, 5.41) is 10.5. The molecule has 130 heavy (non-hydrogen) atoms. The first-order valence-corrected chi connectivity index (χ1v) is 45.0. The predicted octanol–water partition coefficient (Wildman–Crippen LogP) is 9.82. The zero-order valence-corrected chi connectivity index (χ0v) is 74.2. The van der Waals surface area contributed by atoms with Gasteiger partial charge in [-0.3, -0.25) is 48.1 Å². The highest BCUT2D eigenvalue weighted by Crippen LogP contribution is 2.36. The van der Waals surface area contributed by atoms with Gasteiger partial charge in [0.05, 0.1) is 35.8 Å². The quantitative estimate of drug-likeness (QED) is 0.0389. The van der Waals surface area contributed by atoms with Gasteiger partial charge in [-0.25, -0.2) is 15.0 Å². The van der Waals surface area contributed by atoms with Crippen molar-refractivity contribution >= 4 is 103 Å². The number of nitrogens with two attached hydrogens (primary N) is 3. The first kappa shape index (κ1) is 88.3. The van der Waals surface area contributed by atoms with Gasteiger partial charge in [-0.15, -0.1) is 0 Å². The number of likely N-dealkylation sites (tertiary alicyclic amines) is 3. The fourth-order valence-electron chi connectivity index (χ4n) is 19.1. The number of anilines is 6. The number of nitrogens with zero attached hydrogens (tertiary/aromatic N) is 16. The Morgan fingerprint density at radius 2 is 0.708 bits per heavy atom. The van der Waals surface area contributed by atoms with Crippen molar-refractivity contribution in [1.29, 1.82) is 0 Å². The number of benzene rings is 6. The number of amides is 6. The van der Waals surface area contributed by atoms with Crippen molar-refractivity contribution < 1.29 is 28.8 Å². The molecule has 4 saturated heterocycles. The Balaban J connectivity index is 0.000000137. The Hall–Kier alpha value is -13.8. The summed E-state index contributed by atoms with van der Waals surface area (Å²) in [4.78, 5) is 155. The second-order valence-corrected chi connectivity index (χ2v) is 35.8. The smallest absolute Gasteiger partial charge is 0.254 e. The maximum absolute atomic E-state index is 13.1. The molecule has 0 spiro atoms. The third-order valence-corrected chi connectivity index (χ3v) is 26.4. The van der Waals surface area contributed by atoms with E-state index >= 15 is 0 Å². The number of piperazine rings is 1. The van der Waals surface area contributed by atoms with E-state index in [1.165, 1.54) is 87.3 Å². The standard InChI is InChI=1S/C35H40N8O3.2C32H35N7O3/c1-40-15-17-41(18-16-40)22-31(44)42-13-11-25(12-14-42)24-5-8-27(9-6-24)38-35-37-20-29-32(45)30(33(36)46)21-43(34(29)39-35)28-10-7-23-3-2-4-26(23)19-28;1-37(2)19-28(40)38-13-11-21(12-14-38)22-7-4-8-24(15-22)35-32-34-17-26-29(41)27(30(33)42)18-39(31(26)36-32)25-10-9-20-5-3-6-23(20)16-25;1-37(2)19-28(40)38-14-12-22(13-15-38)21-6-9-24(10-7-21)35-32-34-17-26-29(41)27(30(33)42)18-39(31(26)36-32)25-11-8-20-4-3-5-23(20)16-25/h5-10,19-21,25H,2-4,11-18,22H2,1H3,(H2,36,46)(H,37,38,39);4,7-10,15-18,21H,3,5-6,11-14,19H2,1-2H3,(H2,33,42)(H,34,35,36);6-11,16-18,22H,3-5,12-15,19H2,1-2H3,(H2,33,42)(H,34,35,36). The van der Waals surface area contributed by atoms with Crippen LogP contribution in [0, 0.1) is 0 Å². The highest BCUT2D eigenvalue weighted by Gasteiger charge is 2.31. The molecule has 0 atom stereocenters. The molecule has 0 saturated carbocycles. The molecule has 10 heterocycles. The fraction of sp³-hybridized carbons (Fsp3) is 0.364. The van der Waals surface area contributed by atoms with Crippen molar-refractivity contribution in [2.45, 2.75) is 114 Å². The molecule has 12 aromatic rings. The van der Waals surface area contributed by atoms with E-state index in [1.54, 1.807) is 13.7 Å². The zero-order chi connectivity index (χ0) is 90.5. The van der Waals surface area contributed by atoms with E-state index in [9.17, 15) is 43.2 Å². The molecule has 19 rings (SSSR count). The van der Waals surface area contributed by atoms with Gasteiger partial charge in [0.25, 0.3) is 17.7 Å². The first-order chi connectivity index (χ1) is 62.8. The van der Waals surface area contributed by atoms with Crippen LogP contribution in [0.15, 0.2) is 179 Å². The molecule has 0 bridgehead atoms. The van der Waals surface area contributed by atoms with Crippen LogP contribution in [0.25, 0.3) is 50.2 Å². The zero-order valence-electron chi connectivity index (χ0n) is 74.2. The van der Waals surface area contributed by atoms with Crippen LogP contribution in [-0.4, -0.2) is 234 Å². The average Bonchev–Trinajstić information content (AvgIpc) is 1.07. The fourth-order valence-corrected chi connectivity index (χ4v) is 19.1. The minimum absolute atomic E-state index is 0.0990. The van der Waals surface area contributed by atoms with Crippen LogP contribution in [0.2, 0.25) is 0 Å². The van der Waals surface area contributed by atoms with Crippen LogP contribution < -0.4 is 49.4 Å². The lowest BCUT2D eigenvalue weighted by Crippen LogP contribution is -2.50. The van der Waals surface area contributed by atoms with Crippen molar-refractivity contribution in [3.05, 3.63) is 262 Å². The van der Waals surface area contributed by atoms with E-state index in [0.717, 1.165) is 196 Å². The summed E-state index contributed by atoms with van der Waals surface area (Å²) in [6.07, 6.45) is 23.9. The molecule has 4 fully saturated rings. The molecule has 6 amide bonds. The number of fused-ring (bicyclic) bond motifs is 6. The van der Waals surface area contributed by atoms with Crippen molar-refractivity contribution in [1.82, 2.24) is 77.9 Å². The summed E-state index contributed by atoms with van der Waals surface area (Å²) in [5.74, 6) is 0.406. The van der Waals surface area contributed by atoms with Gasteiger partial charge in [-0.2, -0.15) is 15.0 Å². The summed E-state index contributed by atoms with van der Waals surface area (Å²) in [6, 6.07) is 43.2. The molecule has 6 aromatic carbocycles. The third-order valence-electron chi connectivity index (χ3n) is 26.4. The van der Waals surface area contributed by atoms with Gasteiger partial charge < -0.3 is 76.3 Å². The first-order valence-electron chi connectivity index (χ1n) is 45.0. The van der Waals surface area contributed by atoms with Crippen LogP contribution in [0.4, 0.5) is 34.9 Å². The Kier molecular flexibility index (Phi) is 26.3. The van der Waals surface area contributed by atoms with E-state index in [4.69, 9.17) is 32.2 Å². The lowest BCUT2D eigenvalue weighted by Gasteiger charge is -2.36. The Morgan fingerprint density at radius 1 is 0.377 bits per heavy atom. The molecular weight excluding hydrogens is 1640 g/mol. The number of piperidine rings is 3.